The van der Waals surface area contributed by atoms with E-state index in [2.05, 4.69) is 0 Å². The van der Waals surface area contributed by atoms with Gasteiger partial charge in [-0.2, -0.15) is 0 Å². The first-order valence-electron chi connectivity index (χ1n) is 7.85. The van der Waals surface area contributed by atoms with Crippen molar-refractivity contribution in [2.75, 3.05) is 20.2 Å². The Bertz CT molecular complexity index is 741. The third kappa shape index (κ3) is 3.28. The number of ether oxygens (including phenoxy) is 1. The van der Waals surface area contributed by atoms with Gasteiger partial charge in [-0.3, -0.25) is 9.59 Å². The van der Waals surface area contributed by atoms with E-state index >= 15 is 0 Å². The van der Waals surface area contributed by atoms with E-state index in [-0.39, 0.29) is 12.5 Å². The SMILES string of the molecule is COc1cc(-c2ccccc2)sc1C(=O)N1CCC[C@H](C(=O)O)C1. The third-order valence-electron chi connectivity index (χ3n) is 4.23. The topological polar surface area (TPSA) is 66.8 Å². The van der Waals surface area contributed by atoms with Crippen LogP contribution in [0.5, 0.6) is 5.75 Å². The van der Waals surface area contributed by atoms with Gasteiger partial charge in [0.25, 0.3) is 5.91 Å². The summed E-state index contributed by atoms with van der Waals surface area (Å²) in [6.45, 7) is 0.847. The van der Waals surface area contributed by atoms with E-state index in [1.807, 2.05) is 36.4 Å². The minimum Gasteiger partial charge on any atom is -0.495 e. The number of benzene rings is 1. The number of rotatable bonds is 4. The maximum absolute atomic E-state index is 12.9. The molecule has 1 N–H and O–H groups in total. The predicted octanol–water partition coefficient (Wildman–Crippen LogP) is 3.36. The van der Waals surface area contributed by atoms with Crippen molar-refractivity contribution in [3.05, 3.63) is 41.3 Å². The number of hydrogen-bond donors (Lipinski definition) is 1. The van der Waals surface area contributed by atoms with Gasteiger partial charge in [-0.05, 0) is 24.5 Å². The predicted molar refractivity (Wildman–Crippen MR) is 92.6 cm³/mol. The molecule has 0 spiro atoms. The summed E-state index contributed by atoms with van der Waals surface area (Å²) in [5, 5.41) is 9.20. The number of aliphatic carboxylic acids is 1. The molecule has 1 atom stereocenters. The van der Waals surface area contributed by atoms with Crippen LogP contribution in [0.1, 0.15) is 22.5 Å². The molecule has 3 rings (SSSR count). The summed E-state index contributed by atoms with van der Waals surface area (Å²) in [5.41, 5.74) is 1.03. The fourth-order valence-corrected chi connectivity index (χ4v) is 4.03. The Morgan fingerprint density at radius 1 is 1.29 bits per heavy atom. The average Bonchev–Trinajstić information content (AvgIpc) is 3.06. The molecule has 126 valence electrons. The van der Waals surface area contributed by atoms with Crippen molar-refractivity contribution in [3.8, 4) is 16.2 Å². The van der Waals surface area contributed by atoms with Crippen molar-refractivity contribution < 1.29 is 19.4 Å². The van der Waals surface area contributed by atoms with Crippen LogP contribution in [0, 0.1) is 5.92 Å². The smallest absolute Gasteiger partial charge is 0.308 e. The summed E-state index contributed by atoms with van der Waals surface area (Å²) in [4.78, 5) is 27.2. The highest BCUT2D eigenvalue weighted by Gasteiger charge is 2.31. The van der Waals surface area contributed by atoms with Crippen molar-refractivity contribution in [2.45, 2.75) is 12.8 Å². The van der Waals surface area contributed by atoms with E-state index < -0.39 is 11.9 Å². The Balaban J connectivity index is 1.87. The molecule has 2 heterocycles. The van der Waals surface area contributed by atoms with Gasteiger partial charge < -0.3 is 14.7 Å². The summed E-state index contributed by atoms with van der Waals surface area (Å²) in [5.74, 6) is -0.927. The number of carbonyl (C=O) groups is 2. The van der Waals surface area contributed by atoms with Crippen molar-refractivity contribution >= 4 is 23.2 Å². The highest BCUT2D eigenvalue weighted by Crippen LogP contribution is 2.37. The summed E-state index contributed by atoms with van der Waals surface area (Å²) in [6.07, 6.45) is 1.33. The van der Waals surface area contributed by atoms with Crippen LogP contribution in [0.15, 0.2) is 36.4 Å². The number of amides is 1. The van der Waals surface area contributed by atoms with Crippen LogP contribution >= 0.6 is 11.3 Å². The maximum Gasteiger partial charge on any atom is 0.308 e. The van der Waals surface area contributed by atoms with Gasteiger partial charge in [0.1, 0.15) is 10.6 Å². The lowest BCUT2D eigenvalue weighted by molar-refractivity contribution is -0.143. The Labute approximate surface area is 144 Å². The van der Waals surface area contributed by atoms with E-state index in [9.17, 15) is 14.7 Å². The molecule has 0 unspecified atom stereocenters. The van der Waals surface area contributed by atoms with Crippen LogP contribution in [0.4, 0.5) is 0 Å². The van der Waals surface area contributed by atoms with Gasteiger partial charge in [-0.1, -0.05) is 30.3 Å². The largest absolute Gasteiger partial charge is 0.495 e. The molecule has 24 heavy (non-hydrogen) atoms. The van der Waals surface area contributed by atoms with Gasteiger partial charge in [0.15, 0.2) is 0 Å². The van der Waals surface area contributed by atoms with Gasteiger partial charge in [-0.25, -0.2) is 0 Å². The standard InChI is InChI=1S/C18H19NO4S/c1-23-14-10-15(12-6-3-2-4-7-12)24-16(14)17(20)19-9-5-8-13(11-19)18(21)22/h2-4,6-7,10,13H,5,8-9,11H2,1H3,(H,21,22)/t13-/m0/s1. The Morgan fingerprint density at radius 3 is 2.71 bits per heavy atom. The van der Waals surface area contributed by atoms with Crippen LogP contribution in [-0.2, 0) is 4.79 Å². The zero-order valence-corrected chi connectivity index (χ0v) is 14.2. The highest BCUT2D eigenvalue weighted by atomic mass is 32.1. The van der Waals surface area contributed by atoms with E-state index in [0.717, 1.165) is 10.4 Å². The molecule has 1 aromatic heterocycles. The fourth-order valence-electron chi connectivity index (χ4n) is 2.93. The zero-order chi connectivity index (χ0) is 17.1. The van der Waals surface area contributed by atoms with Gasteiger partial charge in [0, 0.05) is 18.0 Å². The van der Waals surface area contributed by atoms with Crippen LogP contribution in [0.3, 0.4) is 0 Å². The van der Waals surface area contributed by atoms with Gasteiger partial charge in [-0.15, -0.1) is 11.3 Å². The number of nitrogens with zero attached hydrogens (tertiary/aromatic N) is 1. The zero-order valence-electron chi connectivity index (χ0n) is 13.4. The molecule has 5 nitrogen and oxygen atoms in total. The average molecular weight is 345 g/mol. The number of piperidine rings is 1. The molecule has 0 saturated carbocycles. The fraction of sp³-hybridized carbons (Fsp3) is 0.333. The molecule has 1 aliphatic rings. The van der Waals surface area contributed by atoms with Crippen LogP contribution in [0.2, 0.25) is 0 Å². The van der Waals surface area contributed by atoms with Crippen molar-refractivity contribution in [1.29, 1.82) is 0 Å². The number of carbonyl (C=O) groups excluding carboxylic acids is 1. The molecular weight excluding hydrogens is 326 g/mol. The summed E-state index contributed by atoms with van der Waals surface area (Å²) < 4.78 is 5.38. The Kier molecular flexibility index (Phi) is 4.85. The molecule has 0 aliphatic carbocycles. The quantitative estimate of drug-likeness (QED) is 0.923. The van der Waals surface area contributed by atoms with Gasteiger partial charge >= 0.3 is 5.97 Å². The van der Waals surface area contributed by atoms with E-state index in [1.54, 1.807) is 12.0 Å². The number of carboxylic acids is 1. The molecule has 6 heteroatoms. The molecule has 1 aromatic carbocycles. The molecule has 0 bridgehead atoms. The molecule has 1 aliphatic heterocycles. The first-order chi connectivity index (χ1) is 11.6. The minimum absolute atomic E-state index is 0.148. The number of carboxylic acid groups (broad SMARTS) is 1. The molecule has 2 aromatic rings. The summed E-state index contributed by atoms with van der Waals surface area (Å²) in [7, 11) is 1.55. The molecule has 0 radical (unpaired) electrons. The van der Waals surface area contributed by atoms with Crippen molar-refractivity contribution in [1.82, 2.24) is 4.90 Å². The highest BCUT2D eigenvalue weighted by molar-refractivity contribution is 7.17. The molecule has 1 amide bonds. The number of likely N-dealkylation sites (tertiary alicyclic amines) is 1. The Hall–Kier alpha value is -2.34. The van der Waals surface area contributed by atoms with Crippen LogP contribution in [0.25, 0.3) is 10.4 Å². The first kappa shape index (κ1) is 16.5. The lowest BCUT2D eigenvalue weighted by Gasteiger charge is -2.30. The van der Waals surface area contributed by atoms with E-state index in [4.69, 9.17) is 4.74 Å². The normalized spacial score (nSPS) is 17.5. The summed E-state index contributed by atoms with van der Waals surface area (Å²) in [6, 6.07) is 11.7. The van der Waals surface area contributed by atoms with E-state index in [1.165, 1.54) is 11.3 Å². The lowest BCUT2D eigenvalue weighted by Crippen LogP contribution is -2.42. The second-order valence-corrected chi connectivity index (χ2v) is 6.85. The maximum atomic E-state index is 12.9. The monoisotopic (exact) mass is 345 g/mol. The van der Waals surface area contributed by atoms with Crippen molar-refractivity contribution in [2.24, 2.45) is 5.92 Å². The number of thiophene rings is 1. The van der Waals surface area contributed by atoms with Gasteiger partial charge in [0.2, 0.25) is 0 Å². The molecule has 1 fully saturated rings. The van der Waals surface area contributed by atoms with E-state index in [0.29, 0.717) is 30.0 Å². The first-order valence-corrected chi connectivity index (χ1v) is 8.67. The second kappa shape index (κ2) is 7.05. The second-order valence-electron chi connectivity index (χ2n) is 5.80. The minimum atomic E-state index is -0.837. The number of methoxy groups -OCH3 is 1. The molecular formula is C18H19NO4S. The van der Waals surface area contributed by atoms with Crippen LogP contribution < -0.4 is 4.74 Å². The lowest BCUT2D eigenvalue weighted by atomic mass is 9.98. The number of hydrogen-bond acceptors (Lipinski definition) is 4. The molecule has 1 saturated heterocycles. The van der Waals surface area contributed by atoms with Crippen molar-refractivity contribution in [3.63, 3.8) is 0 Å². The third-order valence-corrected chi connectivity index (χ3v) is 5.38. The summed E-state index contributed by atoms with van der Waals surface area (Å²) >= 11 is 1.38. The van der Waals surface area contributed by atoms with Gasteiger partial charge in [0.05, 0.1) is 13.0 Å². The van der Waals surface area contributed by atoms with Crippen LogP contribution in [-0.4, -0.2) is 42.1 Å². The Morgan fingerprint density at radius 2 is 2.04 bits per heavy atom.